The first-order valence-corrected chi connectivity index (χ1v) is 8.57. The highest BCUT2D eigenvalue weighted by molar-refractivity contribution is 7.09. The van der Waals surface area contributed by atoms with Crippen LogP contribution in [0.2, 0.25) is 0 Å². The first-order chi connectivity index (χ1) is 9.64. The average molecular weight is 294 g/mol. The van der Waals surface area contributed by atoms with Crippen molar-refractivity contribution in [3.63, 3.8) is 0 Å². The number of nitrogens with two attached hydrogens (primary N) is 1. The van der Waals surface area contributed by atoms with E-state index in [-0.39, 0.29) is 5.54 Å². The van der Waals surface area contributed by atoms with Gasteiger partial charge in [-0.05, 0) is 46.2 Å². The molecule has 0 radical (unpaired) electrons. The van der Waals surface area contributed by atoms with Crippen molar-refractivity contribution in [2.24, 2.45) is 5.73 Å². The largest absolute Gasteiger partial charge is 0.329 e. The highest BCUT2D eigenvalue weighted by Crippen LogP contribution is 2.36. The van der Waals surface area contributed by atoms with E-state index in [1.807, 2.05) is 5.51 Å². The number of fused-ring (bicyclic) bond motifs is 1. The third-order valence-electron chi connectivity index (χ3n) is 5.39. The van der Waals surface area contributed by atoms with Crippen LogP contribution >= 0.6 is 11.3 Å². The maximum atomic E-state index is 6.22. The minimum atomic E-state index is 0.182. The number of rotatable bonds is 4. The Morgan fingerprint density at radius 1 is 1.55 bits per heavy atom. The maximum Gasteiger partial charge on any atom is 0.0798 e. The Morgan fingerprint density at radius 3 is 3.10 bits per heavy atom. The van der Waals surface area contributed by atoms with Gasteiger partial charge in [0, 0.05) is 36.1 Å². The smallest absolute Gasteiger partial charge is 0.0798 e. The number of likely N-dealkylation sites (N-methyl/N-ethyl adjacent to an activating group) is 1. The second-order valence-corrected chi connectivity index (χ2v) is 7.37. The van der Waals surface area contributed by atoms with Gasteiger partial charge in [-0.3, -0.25) is 4.90 Å². The zero-order valence-electron chi connectivity index (χ0n) is 12.6. The molecule has 2 atom stereocenters. The van der Waals surface area contributed by atoms with Gasteiger partial charge >= 0.3 is 0 Å². The molecule has 2 aliphatic heterocycles. The van der Waals surface area contributed by atoms with Crippen molar-refractivity contribution < 1.29 is 0 Å². The van der Waals surface area contributed by atoms with Gasteiger partial charge in [0.1, 0.15) is 0 Å². The van der Waals surface area contributed by atoms with Crippen LogP contribution in [0.3, 0.4) is 0 Å². The summed E-state index contributed by atoms with van der Waals surface area (Å²) in [4.78, 5) is 10.9. The van der Waals surface area contributed by atoms with Crippen LogP contribution < -0.4 is 5.73 Å². The van der Waals surface area contributed by atoms with Crippen molar-refractivity contribution in [1.29, 1.82) is 0 Å². The Morgan fingerprint density at radius 2 is 2.40 bits per heavy atom. The molecule has 2 saturated heterocycles. The molecule has 1 aromatic heterocycles. The molecule has 2 aliphatic rings. The van der Waals surface area contributed by atoms with Crippen molar-refractivity contribution in [2.75, 3.05) is 26.7 Å². The van der Waals surface area contributed by atoms with E-state index in [4.69, 9.17) is 5.73 Å². The van der Waals surface area contributed by atoms with E-state index in [2.05, 4.69) is 28.8 Å². The van der Waals surface area contributed by atoms with E-state index in [1.54, 1.807) is 11.3 Å². The molecule has 3 heterocycles. The van der Waals surface area contributed by atoms with Crippen LogP contribution in [0.4, 0.5) is 0 Å². The van der Waals surface area contributed by atoms with Crippen molar-refractivity contribution in [2.45, 2.75) is 50.7 Å². The normalized spacial score (nSPS) is 30.9. The molecule has 2 fully saturated rings. The third kappa shape index (κ3) is 2.52. The molecule has 0 saturated carbocycles. The lowest BCUT2D eigenvalue weighted by Gasteiger charge is -2.49. The van der Waals surface area contributed by atoms with Gasteiger partial charge in [-0.1, -0.05) is 0 Å². The molecule has 5 heteroatoms. The second-order valence-electron chi connectivity index (χ2n) is 6.43. The molecule has 4 nitrogen and oxygen atoms in total. The van der Waals surface area contributed by atoms with Gasteiger partial charge in [0.05, 0.1) is 11.2 Å². The molecule has 20 heavy (non-hydrogen) atoms. The van der Waals surface area contributed by atoms with Crippen molar-refractivity contribution >= 4 is 11.3 Å². The zero-order chi connectivity index (χ0) is 14.2. The third-order valence-corrected chi connectivity index (χ3v) is 6.31. The number of hydrogen-bond donors (Lipinski definition) is 1. The average Bonchev–Trinajstić information content (AvgIpc) is 3.07. The van der Waals surface area contributed by atoms with Gasteiger partial charge in [-0.2, -0.15) is 0 Å². The summed E-state index contributed by atoms with van der Waals surface area (Å²) < 4.78 is 0. The summed E-state index contributed by atoms with van der Waals surface area (Å²) in [5.41, 5.74) is 9.52. The first kappa shape index (κ1) is 14.4. The Bertz CT molecular complexity index is 460. The van der Waals surface area contributed by atoms with E-state index in [0.717, 1.165) is 19.1 Å². The van der Waals surface area contributed by atoms with Gasteiger partial charge in [0.15, 0.2) is 0 Å². The van der Waals surface area contributed by atoms with E-state index >= 15 is 0 Å². The monoisotopic (exact) mass is 294 g/mol. The van der Waals surface area contributed by atoms with E-state index in [1.165, 1.54) is 49.3 Å². The lowest BCUT2D eigenvalue weighted by atomic mass is 9.82. The van der Waals surface area contributed by atoms with Crippen molar-refractivity contribution in [3.8, 4) is 0 Å². The first-order valence-electron chi connectivity index (χ1n) is 7.69. The van der Waals surface area contributed by atoms with Crippen molar-refractivity contribution in [1.82, 2.24) is 14.8 Å². The quantitative estimate of drug-likeness (QED) is 0.920. The zero-order valence-corrected chi connectivity index (χ0v) is 13.5. The van der Waals surface area contributed by atoms with Crippen LogP contribution in [-0.4, -0.2) is 53.0 Å². The van der Waals surface area contributed by atoms with Gasteiger partial charge < -0.3 is 10.6 Å². The van der Waals surface area contributed by atoms with Gasteiger partial charge in [-0.15, -0.1) is 11.3 Å². The van der Waals surface area contributed by atoms with Gasteiger partial charge in [-0.25, -0.2) is 4.98 Å². The van der Waals surface area contributed by atoms with Crippen LogP contribution in [0.25, 0.3) is 0 Å². The Hall–Kier alpha value is -0.490. The van der Waals surface area contributed by atoms with E-state index in [0.29, 0.717) is 0 Å². The molecule has 0 spiro atoms. The molecule has 3 rings (SSSR count). The molecule has 0 aromatic carbocycles. The summed E-state index contributed by atoms with van der Waals surface area (Å²) in [6.07, 6.45) is 5.16. The summed E-state index contributed by atoms with van der Waals surface area (Å²) in [5, 5.41) is 0. The number of hydrogen-bond acceptors (Lipinski definition) is 5. The maximum absolute atomic E-state index is 6.22. The second kappa shape index (κ2) is 5.72. The van der Waals surface area contributed by atoms with Gasteiger partial charge in [0.25, 0.3) is 0 Å². The molecule has 2 N–H and O–H groups in total. The highest BCUT2D eigenvalue weighted by Gasteiger charge is 2.43. The van der Waals surface area contributed by atoms with Crippen LogP contribution in [0, 0.1) is 6.92 Å². The predicted molar refractivity (Wildman–Crippen MR) is 83.9 cm³/mol. The van der Waals surface area contributed by atoms with Crippen molar-refractivity contribution in [3.05, 3.63) is 16.1 Å². The topological polar surface area (TPSA) is 45.4 Å². The standard InChI is InChI=1S/C15H26N4S/c1-12-14(20-11-17-12)9-18(2)15(10-16)5-7-19-6-3-4-13(19)8-15/h11,13H,3-10,16H2,1-2H3. The number of piperidine rings is 1. The number of aryl methyl sites for hydroxylation is 1. The van der Waals surface area contributed by atoms with E-state index in [9.17, 15) is 0 Å². The SMILES string of the molecule is Cc1ncsc1CN(C)C1(CN)CCN2CCCC2C1. The molecular formula is C15H26N4S. The summed E-state index contributed by atoms with van der Waals surface area (Å²) in [7, 11) is 2.25. The molecule has 112 valence electrons. The van der Waals surface area contributed by atoms with Crippen LogP contribution in [-0.2, 0) is 6.54 Å². The highest BCUT2D eigenvalue weighted by atomic mass is 32.1. The molecular weight excluding hydrogens is 268 g/mol. The van der Waals surface area contributed by atoms with Gasteiger partial charge in [0.2, 0.25) is 0 Å². The minimum Gasteiger partial charge on any atom is -0.329 e. The number of thiazole rings is 1. The summed E-state index contributed by atoms with van der Waals surface area (Å²) in [6.45, 7) is 6.37. The molecule has 2 unspecified atom stereocenters. The van der Waals surface area contributed by atoms with Crippen LogP contribution in [0.1, 0.15) is 36.3 Å². The lowest BCUT2D eigenvalue weighted by Crippen LogP contribution is -2.59. The predicted octanol–water partition coefficient (Wildman–Crippen LogP) is 1.84. The Balaban J connectivity index is 1.73. The fourth-order valence-electron chi connectivity index (χ4n) is 3.86. The summed E-state index contributed by atoms with van der Waals surface area (Å²) in [6, 6.07) is 0.761. The molecule has 0 aliphatic carbocycles. The lowest BCUT2D eigenvalue weighted by molar-refractivity contribution is 0.0224. The molecule has 1 aromatic rings. The number of aromatic nitrogens is 1. The minimum absolute atomic E-state index is 0.182. The summed E-state index contributed by atoms with van der Waals surface area (Å²) in [5.74, 6) is 0. The Kier molecular flexibility index (Phi) is 4.13. The summed E-state index contributed by atoms with van der Waals surface area (Å²) >= 11 is 1.77. The molecule has 0 amide bonds. The fourth-order valence-corrected chi connectivity index (χ4v) is 4.69. The number of nitrogens with zero attached hydrogens (tertiary/aromatic N) is 3. The molecule has 0 bridgehead atoms. The fraction of sp³-hybridized carbons (Fsp3) is 0.800. The van der Waals surface area contributed by atoms with Crippen LogP contribution in [0.5, 0.6) is 0 Å². The van der Waals surface area contributed by atoms with E-state index < -0.39 is 0 Å². The van der Waals surface area contributed by atoms with Crippen LogP contribution in [0.15, 0.2) is 5.51 Å². The Labute approximate surface area is 126 Å².